The molecule has 0 aliphatic heterocycles. The third kappa shape index (κ3) is 4.18. The number of rotatable bonds is 4. The monoisotopic (exact) mass is 278 g/mol. The van der Waals surface area contributed by atoms with Crippen molar-refractivity contribution in [1.82, 2.24) is 15.3 Å². The standard InChI is InChI=1S/C13H18N4O3/c18-12(19)10-3-1-9(2-4-10)5-16-13(20)17-11-6-14-8-15-7-11/h6-10H,1-5H2,(H,18,19)(H2,16,17,20). The average molecular weight is 278 g/mol. The van der Waals surface area contributed by atoms with Crippen molar-refractivity contribution in [3.05, 3.63) is 18.7 Å². The SMILES string of the molecule is O=C(NCC1CCC(C(=O)O)CC1)Nc1cncnc1. The van der Waals surface area contributed by atoms with Crippen molar-refractivity contribution in [3.8, 4) is 0 Å². The molecular weight excluding hydrogens is 260 g/mol. The smallest absolute Gasteiger partial charge is 0.319 e. The van der Waals surface area contributed by atoms with E-state index in [1.165, 1.54) is 18.7 Å². The van der Waals surface area contributed by atoms with Crippen molar-refractivity contribution in [2.24, 2.45) is 11.8 Å². The van der Waals surface area contributed by atoms with Gasteiger partial charge in [0.1, 0.15) is 6.33 Å². The van der Waals surface area contributed by atoms with Gasteiger partial charge in [0.05, 0.1) is 24.0 Å². The highest BCUT2D eigenvalue weighted by atomic mass is 16.4. The zero-order valence-corrected chi connectivity index (χ0v) is 11.1. The predicted molar refractivity (Wildman–Crippen MR) is 72.1 cm³/mol. The van der Waals surface area contributed by atoms with Crippen LogP contribution >= 0.6 is 0 Å². The number of carbonyl (C=O) groups excluding carboxylic acids is 1. The number of aliphatic carboxylic acids is 1. The van der Waals surface area contributed by atoms with Crippen LogP contribution < -0.4 is 10.6 Å². The minimum absolute atomic E-state index is 0.221. The number of amides is 2. The van der Waals surface area contributed by atoms with Crippen molar-refractivity contribution < 1.29 is 14.7 Å². The zero-order chi connectivity index (χ0) is 14.4. The summed E-state index contributed by atoms with van der Waals surface area (Å²) in [6, 6.07) is -0.292. The molecule has 0 unspecified atom stereocenters. The van der Waals surface area contributed by atoms with Gasteiger partial charge in [-0.15, -0.1) is 0 Å². The molecule has 108 valence electrons. The summed E-state index contributed by atoms with van der Waals surface area (Å²) >= 11 is 0. The number of hydrogen-bond donors (Lipinski definition) is 3. The van der Waals surface area contributed by atoms with Crippen LogP contribution in [0.5, 0.6) is 0 Å². The number of carbonyl (C=O) groups is 2. The third-order valence-corrected chi connectivity index (χ3v) is 3.57. The Hall–Kier alpha value is -2.18. The fraction of sp³-hybridized carbons (Fsp3) is 0.538. The first-order valence-electron chi connectivity index (χ1n) is 6.68. The first kappa shape index (κ1) is 14.2. The van der Waals surface area contributed by atoms with Crippen LogP contribution in [0.4, 0.5) is 10.5 Å². The summed E-state index contributed by atoms with van der Waals surface area (Å²) in [5.41, 5.74) is 0.541. The quantitative estimate of drug-likeness (QED) is 0.774. The molecule has 0 spiro atoms. The molecule has 0 saturated heterocycles. The highest BCUT2D eigenvalue weighted by molar-refractivity contribution is 5.88. The van der Waals surface area contributed by atoms with E-state index in [-0.39, 0.29) is 11.9 Å². The fourth-order valence-electron chi connectivity index (χ4n) is 2.39. The molecule has 0 aromatic carbocycles. The molecule has 1 saturated carbocycles. The van der Waals surface area contributed by atoms with E-state index in [1.807, 2.05) is 0 Å². The van der Waals surface area contributed by atoms with Crippen LogP contribution in [0.1, 0.15) is 25.7 Å². The van der Waals surface area contributed by atoms with E-state index in [4.69, 9.17) is 5.11 Å². The molecule has 1 aromatic rings. The van der Waals surface area contributed by atoms with Crippen LogP contribution in [-0.4, -0.2) is 33.6 Å². The molecule has 1 heterocycles. The number of carboxylic acids is 1. The van der Waals surface area contributed by atoms with Gasteiger partial charge in [-0.25, -0.2) is 14.8 Å². The van der Waals surface area contributed by atoms with Crippen LogP contribution in [0, 0.1) is 11.8 Å². The van der Waals surface area contributed by atoms with Crippen molar-refractivity contribution in [2.45, 2.75) is 25.7 Å². The van der Waals surface area contributed by atoms with Crippen LogP contribution in [-0.2, 0) is 4.79 Å². The number of carboxylic acid groups (broad SMARTS) is 1. The predicted octanol–water partition coefficient (Wildman–Crippen LogP) is 1.49. The minimum atomic E-state index is -0.710. The van der Waals surface area contributed by atoms with Gasteiger partial charge in [0.15, 0.2) is 0 Å². The normalized spacial score (nSPS) is 22.0. The van der Waals surface area contributed by atoms with Gasteiger partial charge in [0.2, 0.25) is 0 Å². The summed E-state index contributed by atoms with van der Waals surface area (Å²) in [5.74, 6) is -0.580. The van der Waals surface area contributed by atoms with Crippen LogP contribution in [0.3, 0.4) is 0 Å². The molecule has 0 atom stereocenters. The molecule has 1 fully saturated rings. The molecular formula is C13H18N4O3. The largest absolute Gasteiger partial charge is 0.481 e. The Labute approximate surface area is 116 Å². The van der Waals surface area contributed by atoms with Gasteiger partial charge >= 0.3 is 12.0 Å². The Morgan fingerprint density at radius 3 is 2.45 bits per heavy atom. The molecule has 3 N–H and O–H groups in total. The first-order valence-corrected chi connectivity index (χ1v) is 6.68. The van der Waals surface area contributed by atoms with Gasteiger partial charge in [-0.3, -0.25) is 4.79 Å². The number of aromatic nitrogens is 2. The van der Waals surface area contributed by atoms with Gasteiger partial charge in [-0.05, 0) is 31.6 Å². The topological polar surface area (TPSA) is 104 Å². The van der Waals surface area contributed by atoms with Gasteiger partial charge in [-0.2, -0.15) is 0 Å². The summed E-state index contributed by atoms with van der Waals surface area (Å²) in [4.78, 5) is 30.1. The summed E-state index contributed by atoms with van der Waals surface area (Å²) in [6.45, 7) is 0.561. The number of nitrogens with zero attached hydrogens (tertiary/aromatic N) is 2. The lowest BCUT2D eigenvalue weighted by molar-refractivity contribution is -0.143. The highest BCUT2D eigenvalue weighted by Crippen LogP contribution is 2.28. The van der Waals surface area contributed by atoms with Gasteiger partial charge in [0, 0.05) is 6.54 Å². The molecule has 2 amide bonds. The number of nitrogens with one attached hydrogen (secondary N) is 2. The molecule has 7 nitrogen and oxygen atoms in total. The lowest BCUT2D eigenvalue weighted by Gasteiger charge is -2.26. The Morgan fingerprint density at radius 1 is 1.20 bits per heavy atom. The van der Waals surface area contributed by atoms with Crippen molar-refractivity contribution in [2.75, 3.05) is 11.9 Å². The molecule has 1 aliphatic rings. The molecule has 1 aliphatic carbocycles. The summed E-state index contributed by atoms with van der Waals surface area (Å²) in [5, 5.41) is 14.3. The average Bonchev–Trinajstić information content (AvgIpc) is 2.46. The molecule has 7 heteroatoms. The Bertz CT molecular complexity index is 458. The summed E-state index contributed by atoms with van der Waals surface area (Å²) in [6.07, 6.45) is 7.49. The van der Waals surface area contributed by atoms with Gasteiger partial charge in [0.25, 0.3) is 0 Å². The van der Waals surface area contributed by atoms with E-state index in [0.29, 0.717) is 31.0 Å². The van der Waals surface area contributed by atoms with E-state index < -0.39 is 5.97 Å². The second-order valence-electron chi connectivity index (χ2n) is 5.02. The second-order valence-corrected chi connectivity index (χ2v) is 5.02. The lowest BCUT2D eigenvalue weighted by Crippen LogP contribution is -2.35. The van der Waals surface area contributed by atoms with Crippen molar-refractivity contribution in [1.29, 1.82) is 0 Å². The van der Waals surface area contributed by atoms with Gasteiger partial charge in [-0.1, -0.05) is 0 Å². The molecule has 0 bridgehead atoms. The lowest BCUT2D eigenvalue weighted by atomic mass is 9.82. The van der Waals surface area contributed by atoms with E-state index in [1.54, 1.807) is 0 Å². The minimum Gasteiger partial charge on any atom is -0.481 e. The fourth-order valence-corrected chi connectivity index (χ4v) is 2.39. The van der Waals surface area contributed by atoms with E-state index in [2.05, 4.69) is 20.6 Å². The van der Waals surface area contributed by atoms with Crippen LogP contribution in [0.2, 0.25) is 0 Å². The van der Waals surface area contributed by atoms with Crippen molar-refractivity contribution in [3.63, 3.8) is 0 Å². The molecule has 1 aromatic heterocycles. The summed E-state index contributed by atoms with van der Waals surface area (Å²) in [7, 11) is 0. The second kappa shape index (κ2) is 6.83. The Kier molecular flexibility index (Phi) is 4.86. The van der Waals surface area contributed by atoms with E-state index >= 15 is 0 Å². The molecule has 0 radical (unpaired) electrons. The molecule has 20 heavy (non-hydrogen) atoms. The maximum Gasteiger partial charge on any atom is 0.319 e. The Morgan fingerprint density at radius 2 is 1.85 bits per heavy atom. The van der Waals surface area contributed by atoms with Crippen molar-refractivity contribution >= 4 is 17.7 Å². The number of anilines is 1. The van der Waals surface area contributed by atoms with E-state index in [9.17, 15) is 9.59 Å². The highest BCUT2D eigenvalue weighted by Gasteiger charge is 2.25. The van der Waals surface area contributed by atoms with E-state index in [0.717, 1.165) is 12.8 Å². The zero-order valence-electron chi connectivity index (χ0n) is 11.1. The first-order chi connectivity index (χ1) is 9.65. The third-order valence-electron chi connectivity index (χ3n) is 3.57. The molecule has 2 rings (SSSR count). The van der Waals surface area contributed by atoms with Gasteiger partial charge < -0.3 is 15.7 Å². The number of hydrogen-bond acceptors (Lipinski definition) is 4. The number of urea groups is 1. The maximum atomic E-state index is 11.7. The Balaban J connectivity index is 1.68. The van der Waals surface area contributed by atoms with Crippen LogP contribution in [0.25, 0.3) is 0 Å². The maximum absolute atomic E-state index is 11.7. The van der Waals surface area contributed by atoms with Crippen LogP contribution in [0.15, 0.2) is 18.7 Å². The summed E-state index contributed by atoms with van der Waals surface area (Å²) < 4.78 is 0.